The van der Waals surface area contributed by atoms with Gasteiger partial charge in [0.25, 0.3) is 0 Å². The van der Waals surface area contributed by atoms with Crippen LogP contribution in [0.15, 0.2) is 36.6 Å². The van der Waals surface area contributed by atoms with Crippen LogP contribution in [0.2, 0.25) is 0 Å². The van der Waals surface area contributed by atoms with Gasteiger partial charge in [-0.3, -0.25) is 0 Å². The molecular formula is C7H8N2. The van der Waals surface area contributed by atoms with Crippen molar-refractivity contribution in [2.45, 2.75) is 0 Å². The summed E-state index contributed by atoms with van der Waals surface area (Å²) in [4.78, 5) is 0. The fourth-order valence-corrected chi connectivity index (χ4v) is 0.337. The second-order valence-corrected chi connectivity index (χ2v) is 1.49. The molecule has 2 N–H and O–H groups in total. The van der Waals surface area contributed by atoms with Gasteiger partial charge in [0.2, 0.25) is 0 Å². The minimum absolute atomic E-state index is 0.367. The summed E-state index contributed by atoms with van der Waals surface area (Å²) in [5, 5.41) is 8.29. The third-order valence-corrected chi connectivity index (χ3v) is 0.690. The molecule has 2 heteroatoms. The highest BCUT2D eigenvalue weighted by atomic mass is 14.5. The summed E-state index contributed by atoms with van der Waals surface area (Å²) in [6, 6.07) is 1.89. The molecule has 0 aromatic carbocycles. The fraction of sp³-hybridized carbons (Fsp3) is 0. The maximum atomic E-state index is 8.29. The van der Waals surface area contributed by atoms with Crippen molar-refractivity contribution in [1.29, 1.82) is 5.26 Å². The number of hydrogen-bond donors (Lipinski definition) is 1. The van der Waals surface area contributed by atoms with Crippen molar-refractivity contribution in [1.82, 2.24) is 0 Å². The molecule has 0 aliphatic rings. The van der Waals surface area contributed by atoms with Gasteiger partial charge in [-0.25, -0.2) is 0 Å². The van der Waals surface area contributed by atoms with E-state index < -0.39 is 0 Å². The van der Waals surface area contributed by atoms with E-state index in [1.165, 1.54) is 12.2 Å². The SMILES string of the molecule is C=C/C(C#N)=C\C(=C)N. The highest BCUT2D eigenvalue weighted by molar-refractivity contribution is 5.36. The molecule has 0 spiro atoms. The zero-order valence-corrected chi connectivity index (χ0v) is 5.09. The van der Waals surface area contributed by atoms with E-state index in [9.17, 15) is 0 Å². The average molecular weight is 120 g/mol. The summed E-state index contributed by atoms with van der Waals surface area (Å²) >= 11 is 0. The zero-order valence-electron chi connectivity index (χ0n) is 5.09. The van der Waals surface area contributed by atoms with Gasteiger partial charge in [-0.05, 0) is 6.08 Å². The van der Waals surface area contributed by atoms with Crippen LogP contribution in [0.25, 0.3) is 0 Å². The molecule has 0 aromatic rings. The van der Waals surface area contributed by atoms with E-state index in [2.05, 4.69) is 13.2 Å². The largest absolute Gasteiger partial charge is 0.399 e. The van der Waals surface area contributed by atoms with Crippen LogP contribution in [0.1, 0.15) is 0 Å². The van der Waals surface area contributed by atoms with Crippen LogP contribution in [-0.2, 0) is 0 Å². The van der Waals surface area contributed by atoms with Crippen molar-refractivity contribution >= 4 is 0 Å². The first kappa shape index (κ1) is 7.51. The lowest BCUT2D eigenvalue weighted by molar-refractivity contribution is 1.42. The molecule has 0 aliphatic heterocycles. The number of nitriles is 1. The molecule has 0 saturated carbocycles. The minimum atomic E-state index is 0.367. The monoisotopic (exact) mass is 120 g/mol. The highest BCUT2D eigenvalue weighted by Crippen LogP contribution is 1.94. The summed E-state index contributed by atoms with van der Waals surface area (Å²) in [7, 11) is 0. The maximum Gasteiger partial charge on any atom is 0.0992 e. The van der Waals surface area contributed by atoms with Gasteiger partial charge in [0.05, 0.1) is 11.6 Å². The fourth-order valence-electron chi connectivity index (χ4n) is 0.337. The van der Waals surface area contributed by atoms with Gasteiger partial charge in [-0.15, -0.1) is 0 Å². The molecule has 9 heavy (non-hydrogen) atoms. The molecular weight excluding hydrogens is 112 g/mol. The Morgan fingerprint density at radius 1 is 1.67 bits per heavy atom. The Hall–Kier alpha value is -1.49. The summed E-state index contributed by atoms with van der Waals surface area (Å²) < 4.78 is 0. The van der Waals surface area contributed by atoms with Crippen LogP contribution < -0.4 is 5.73 Å². The van der Waals surface area contributed by atoms with Gasteiger partial charge in [0.1, 0.15) is 0 Å². The molecule has 0 aliphatic carbocycles. The Bertz CT molecular complexity index is 193. The molecule has 0 aromatic heterocycles. The van der Waals surface area contributed by atoms with Crippen LogP contribution in [0.3, 0.4) is 0 Å². The van der Waals surface area contributed by atoms with Crippen LogP contribution >= 0.6 is 0 Å². The van der Waals surface area contributed by atoms with Gasteiger partial charge in [0, 0.05) is 5.70 Å². The number of nitrogens with two attached hydrogens (primary N) is 1. The highest BCUT2D eigenvalue weighted by Gasteiger charge is 1.84. The van der Waals surface area contributed by atoms with Crippen LogP contribution in [0.4, 0.5) is 0 Å². The Labute approximate surface area is 54.6 Å². The molecule has 0 heterocycles. The first-order valence-corrected chi connectivity index (χ1v) is 2.39. The van der Waals surface area contributed by atoms with Crippen molar-refractivity contribution in [3.8, 4) is 6.07 Å². The van der Waals surface area contributed by atoms with Crippen molar-refractivity contribution in [2.75, 3.05) is 0 Å². The van der Waals surface area contributed by atoms with Gasteiger partial charge in [-0.1, -0.05) is 19.2 Å². The lowest BCUT2D eigenvalue weighted by atomic mass is 10.2. The second-order valence-electron chi connectivity index (χ2n) is 1.49. The summed E-state index contributed by atoms with van der Waals surface area (Å²) in [5.74, 6) is 0. The quantitative estimate of drug-likeness (QED) is 0.438. The van der Waals surface area contributed by atoms with Crippen LogP contribution in [0.5, 0.6) is 0 Å². The Balaban J connectivity index is 4.30. The molecule has 0 saturated heterocycles. The number of nitrogens with zero attached hydrogens (tertiary/aromatic N) is 1. The third-order valence-electron chi connectivity index (χ3n) is 0.690. The lowest BCUT2D eigenvalue weighted by Crippen LogP contribution is -1.89. The summed E-state index contributed by atoms with van der Waals surface area (Å²) in [6.45, 7) is 6.79. The van der Waals surface area contributed by atoms with E-state index in [1.54, 1.807) is 0 Å². The van der Waals surface area contributed by atoms with Crippen molar-refractivity contribution in [3.63, 3.8) is 0 Å². The number of allylic oxidation sites excluding steroid dienone is 3. The van der Waals surface area contributed by atoms with Crippen molar-refractivity contribution in [2.24, 2.45) is 5.73 Å². The van der Waals surface area contributed by atoms with Crippen molar-refractivity contribution in [3.05, 3.63) is 36.6 Å². The molecule has 0 radical (unpaired) electrons. The number of hydrogen-bond acceptors (Lipinski definition) is 2. The van der Waals surface area contributed by atoms with Gasteiger partial charge in [0.15, 0.2) is 0 Å². The van der Waals surface area contributed by atoms with Gasteiger partial charge < -0.3 is 5.73 Å². The van der Waals surface area contributed by atoms with Gasteiger partial charge >= 0.3 is 0 Å². The number of rotatable bonds is 2. The molecule has 0 amide bonds. The van der Waals surface area contributed by atoms with Crippen LogP contribution in [0, 0.1) is 11.3 Å². The van der Waals surface area contributed by atoms with Gasteiger partial charge in [-0.2, -0.15) is 5.26 Å². The Morgan fingerprint density at radius 3 is 2.33 bits per heavy atom. The first-order valence-electron chi connectivity index (χ1n) is 2.39. The molecule has 0 fully saturated rings. The van der Waals surface area contributed by atoms with Crippen LogP contribution in [-0.4, -0.2) is 0 Å². The van der Waals surface area contributed by atoms with E-state index in [4.69, 9.17) is 11.0 Å². The van der Waals surface area contributed by atoms with E-state index in [-0.39, 0.29) is 0 Å². The lowest BCUT2D eigenvalue weighted by Gasteiger charge is -1.85. The molecule has 46 valence electrons. The minimum Gasteiger partial charge on any atom is -0.399 e. The standard InChI is InChI=1S/C7H8N2/c1-3-7(5-8)4-6(2)9/h3-4H,1-2,9H2/b7-4+. The molecule has 0 atom stereocenters. The average Bonchev–Trinajstić information content (AvgIpc) is 1.82. The predicted molar refractivity (Wildman–Crippen MR) is 37.2 cm³/mol. The third kappa shape index (κ3) is 3.12. The second kappa shape index (κ2) is 3.50. The normalized spacial score (nSPS) is 9.89. The van der Waals surface area contributed by atoms with E-state index >= 15 is 0 Å². The molecule has 0 unspecified atom stereocenters. The Morgan fingerprint density at radius 2 is 2.22 bits per heavy atom. The van der Waals surface area contributed by atoms with E-state index in [0.717, 1.165) is 0 Å². The van der Waals surface area contributed by atoms with Crippen molar-refractivity contribution < 1.29 is 0 Å². The van der Waals surface area contributed by atoms with E-state index in [1.807, 2.05) is 6.07 Å². The first-order chi connectivity index (χ1) is 4.20. The topological polar surface area (TPSA) is 49.8 Å². The summed E-state index contributed by atoms with van der Waals surface area (Å²) in [6.07, 6.45) is 2.89. The Kier molecular flexibility index (Phi) is 2.92. The van der Waals surface area contributed by atoms with E-state index in [0.29, 0.717) is 11.3 Å². The zero-order chi connectivity index (χ0) is 7.28. The predicted octanol–water partition coefficient (Wildman–Crippen LogP) is 1.09. The molecule has 0 rings (SSSR count). The summed E-state index contributed by atoms with van der Waals surface area (Å²) in [5.41, 5.74) is 5.97. The molecule has 0 bridgehead atoms. The smallest absolute Gasteiger partial charge is 0.0992 e. The molecule has 2 nitrogen and oxygen atoms in total. The maximum absolute atomic E-state index is 8.29.